The number of aliphatic hydroxyl groups is 2. The van der Waals surface area contributed by atoms with Gasteiger partial charge in [-0.05, 0) is 6.42 Å². The molecule has 0 aromatic carbocycles. The summed E-state index contributed by atoms with van der Waals surface area (Å²) in [6, 6.07) is 0. The Morgan fingerprint density at radius 2 is 1.82 bits per heavy atom. The second-order valence-corrected chi connectivity index (χ2v) is 2.80. The SMILES string of the molecule is CCC(O)COCC(O)CS. The predicted octanol–water partition coefficient (Wildman–Crippen LogP) is 0.0646. The fraction of sp³-hybridized carbons (Fsp3) is 1.00. The minimum atomic E-state index is -0.526. The summed E-state index contributed by atoms with van der Waals surface area (Å²) in [5, 5.41) is 18.0. The molecule has 0 aliphatic carbocycles. The number of hydrogen-bond donors (Lipinski definition) is 3. The second kappa shape index (κ2) is 6.91. The van der Waals surface area contributed by atoms with Gasteiger partial charge in [0.2, 0.25) is 0 Å². The van der Waals surface area contributed by atoms with Crippen molar-refractivity contribution in [2.45, 2.75) is 25.6 Å². The smallest absolute Gasteiger partial charge is 0.0861 e. The number of rotatable bonds is 6. The largest absolute Gasteiger partial charge is 0.391 e. The molecule has 0 radical (unpaired) electrons. The van der Waals surface area contributed by atoms with Crippen molar-refractivity contribution in [2.24, 2.45) is 0 Å². The van der Waals surface area contributed by atoms with Crippen molar-refractivity contribution in [2.75, 3.05) is 19.0 Å². The highest BCUT2D eigenvalue weighted by Gasteiger charge is 2.03. The molecule has 2 N–H and O–H groups in total. The van der Waals surface area contributed by atoms with Crippen molar-refractivity contribution in [3.8, 4) is 0 Å². The van der Waals surface area contributed by atoms with E-state index in [0.29, 0.717) is 18.8 Å². The van der Waals surface area contributed by atoms with Gasteiger partial charge in [-0.2, -0.15) is 12.6 Å². The molecule has 0 heterocycles. The van der Waals surface area contributed by atoms with Crippen LogP contribution in [0.2, 0.25) is 0 Å². The Labute approximate surface area is 72.8 Å². The van der Waals surface area contributed by atoms with E-state index in [-0.39, 0.29) is 6.61 Å². The quantitative estimate of drug-likeness (QED) is 0.507. The Balaban J connectivity index is 3.13. The number of ether oxygens (including phenoxy) is 1. The van der Waals surface area contributed by atoms with Gasteiger partial charge in [0.1, 0.15) is 0 Å². The Kier molecular flexibility index (Phi) is 7.06. The van der Waals surface area contributed by atoms with Crippen LogP contribution in [0.3, 0.4) is 0 Å². The molecule has 0 fully saturated rings. The molecule has 0 spiro atoms. The summed E-state index contributed by atoms with van der Waals surface area (Å²) in [6.07, 6.45) is -0.263. The van der Waals surface area contributed by atoms with Crippen molar-refractivity contribution in [1.29, 1.82) is 0 Å². The van der Waals surface area contributed by atoms with Crippen molar-refractivity contribution < 1.29 is 14.9 Å². The molecule has 0 saturated heterocycles. The molecule has 0 bridgehead atoms. The van der Waals surface area contributed by atoms with Crippen molar-refractivity contribution in [1.82, 2.24) is 0 Å². The van der Waals surface area contributed by atoms with Crippen LogP contribution in [0.25, 0.3) is 0 Å². The zero-order chi connectivity index (χ0) is 8.69. The van der Waals surface area contributed by atoms with E-state index in [9.17, 15) is 0 Å². The minimum Gasteiger partial charge on any atom is -0.391 e. The van der Waals surface area contributed by atoms with Gasteiger partial charge in [-0.3, -0.25) is 0 Å². The maximum Gasteiger partial charge on any atom is 0.0861 e. The molecule has 0 amide bonds. The number of aliphatic hydroxyl groups excluding tert-OH is 2. The van der Waals surface area contributed by atoms with E-state index in [2.05, 4.69) is 12.6 Å². The van der Waals surface area contributed by atoms with Gasteiger partial charge in [0.25, 0.3) is 0 Å². The highest BCUT2D eigenvalue weighted by molar-refractivity contribution is 7.80. The number of thiol groups is 1. The van der Waals surface area contributed by atoms with Crippen LogP contribution in [0.4, 0.5) is 0 Å². The lowest BCUT2D eigenvalue weighted by atomic mass is 10.3. The average Bonchev–Trinajstić information content (AvgIpc) is 2.04. The van der Waals surface area contributed by atoms with Gasteiger partial charge >= 0.3 is 0 Å². The van der Waals surface area contributed by atoms with E-state index in [1.807, 2.05) is 6.92 Å². The fourth-order valence-electron chi connectivity index (χ4n) is 0.511. The monoisotopic (exact) mass is 180 g/mol. The third-order valence-electron chi connectivity index (χ3n) is 1.30. The lowest BCUT2D eigenvalue weighted by Gasteiger charge is -2.10. The Hall–Kier alpha value is 0.230. The molecular formula is C7H16O3S. The molecule has 0 aromatic heterocycles. The van der Waals surface area contributed by atoms with Crippen LogP contribution >= 0.6 is 12.6 Å². The minimum absolute atomic E-state index is 0.251. The molecule has 0 aromatic rings. The molecule has 4 heteroatoms. The Morgan fingerprint density at radius 1 is 1.27 bits per heavy atom. The van der Waals surface area contributed by atoms with E-state index in [1.165, 1.54) is 0 Å². The summed E-state index contributed by atoms with van der Waals surface area (Å²) in [5.41, 5.74) is 0. The van der Waals surface area contributed by atoms with Gasteiger partial charge in [-0.25, -0.2) is 0 Å². The summed E-state index contributed by atoms with van der Waals surface area (Å²) in [5.74, 6) is 0.391. The van der Waals surface area contributed by atoms with Gasteiger partial charge in [-0.15, -0.1) is 0 Å². The van der Waals surface area contributed by atoms with Gasteiger partial charge in [0.15, 0.2) is 0 Å². The van der Waals surface area contributed by atoms with Crippen LogP contribution in [0, 0.1) is 0 Å². The topological polar surface area (TPSA) is 49.7 Å². The highest BCUT2D eigenvalue weighted by atomic mass is 32.1. The van der Waals surface area contributed by atoms with Crippen molar-refractivity contribution in [3.05, 3.63) is 0 Å². The summed E-state index contributed by atoms with van der Waals surface area (Å²) in [6.45, 7) is 2.42. The van der Waals surface area contributed by atoms with Crippen LogP contribution in [-0.4, -0.2) is 41.4 Å². The molecule has 11 heavy (non-hydrogen) atoms. The maximum absolute atomic E-state index is 9.02. The van der Waals surface area contributed by atoms with Crippen LogP contribution in [-0.2, 0) is 4.74 Å². The molecule has 0 aliphatic heterocycles. The fourth-order valence-corrected chi connectivity index (χ4v) is 0.616. The first kappa shape index (κ1) is 11.2. The van der Waals surface area contributed by atoms with E-state index in [0.717, 1.165) is 0 Å². The van der Waals surface area contributed by atoms with Gasteiger partial charge < -0.3 is 14.9 Å². The van der Waals surface area contributed by atoms with Crippen LogP contribution < -0.4 is 0 Å². The Morgan fingerprint density at radius 3 is 2.27 bits per heavy atom. The van der Waals surface area contributed by atoms with Crippen molar-refractivity contribution >= 4 is 12.6 Å². The van der Waals surface area contributed by atoms with E-state index in [4.69, 9.17) is 14.9 Å². The van der Waals surface area contributed by atoms with Gasteiger partial charge in [0, 0.05) is 5.75 Å². The average molecular weight is 180 g/mol. The Bertz CT molecular complexity index is 79.8. The lowest BCUT2D eigenvalue weighted by molar-refractivity contribution is -0.00149. The molecule has 2 unspecified atom stereocenters. The predicted molar refractivity (Wildman–Crippen MR) is 47.0 cm³/mol. The molecule has 0 aliphatic rings. The van der Waals surface area contributed by atoms with E-state index < -0.39 is 12.2 Å². The summed E-state index contributed by atoms with van der Waals surface area (Å²) < 4.78 is 4.99. The lowest BCUT2D eigenvalue weighted by Crippen LogP contribution is -2.21. The first-order valence-electron chi connectivity index (χ1n) is 3.75. The summed E-state index contributed by atoms with van der Waals surface area (Å²) in [7, 11) is 0. The molecule has 68 valence electrons. The third kappa shape index (κ3) is 6.62. The first-order valence-corrected chi connectivity index (χ1v) is 4.38. The summed E-state index contributed by atoms with van der Waals surface area (Å²) in [4.78, 5) is 0. The second-order valence-electron chi connectivity index (χ2n) is 2.44. The van der Waals surface area contributed by atoms with E-state index >= 15 is 0 Å². The van der Waals surface area contributed by atoms with Crippen LogP contribution in [0.5, 0.6) is 0 Å². The zero-order valence-electron chi connectivity index (χ0n) is 6.73. The molecule has 2 atom stereocenters. The third-order valence-corrected chi connectivity index (χ3v) is 1.72. The molecule has 0 saturated carbocycles. The van der Waals surface area contributed by atoms with Crippen LogP contribution in [0.1, 0.15) is 13.3 Å². The van der Waals surface area contributed by atoms with E-state index in [1.54, 1.807) is 0 Å². The van der Waals surface area contributed by atoms with Gasteiger partial charge in [0.05, 0.1) is 25.4 Å². The molecule has 3 nitrogen and oxygen atoms in total. The first-order chi connectivity index (χ1) is 5.20. The van der Waals surface area contributed by atoms with Crippen molar-refractivity contribution in [3.63, 3.8) is 0 Å². The molecular weight excluding hydrogens is 164 g/mol. The highest BCUT2D eigenvalue weighted by Crippen LogP contribution is 1.93. The maximum atomic E-state index is 9.02. The number of hydrogen-bond acceptors (Lipinski definition) is 4. The standard InChI is InChI=1S/C7H16O3S/c1-2-6(8)3-10-4-7(9)5-11/h6-9,11H,2-5H2,1H3. The zero-order valence-corrected chi connectivity index (χ0v) is 7.63. The normalized spacial score (nSPS) is 16.4. The molecule has 0 rings (SSSR count). The summed E-state index contributed by atoms with van der Waals surface area (Å²) >= 11 is 3.87. The van der Waals surface area contributed by atoms with Crippen LogP contribution in [0.15, 0.2) is 0 Å². The van der Waals surface area contributed by atoms with Gasteiger partial charge in [-0.1, -0.05) is 6.92 Å².